The summed E-state index contributed by atoms with van der Waals surface area (Å²) in [6.45, 7) is 1.43. The van der Waals surface area contributed by atoms with Crippen LogP contribution in [0.2, 0.25) is 0 Å². The second-order valence-corrected chi connectivity index (χ2v) is 5.77. The molecule has 1 saturated heterocycles. The van der Waals surface area contributed by atoms with Gasteiger partial charge in [0.25, 0.3) is 0 Å². The van der Waals surface area contributed by atoms with E-state index in [1.807, 2.05) is 29.2 Å². The molecule has 1 aromatic carbocycles. The molecule has 6 heteroatoms. The molecule has 0 bridgehead atoms. The second kappa shape index (κ2) is 7.77. The van der Waals surface area contributed by atoms with Gasteiger partial charge in [-0.15, -0.1) is 0 Å². The lowest BCUT2D eigenvalue weighted by Gasteiger charge is -2.32. The van der Waals surface area contributed by atoms with E-state index in [4.69, 9.17) is 9.47 Å². The van der Waals surface area contributed by atoms with Crippen LogP contribution in [0.15, 0.2) is 42.9 Å². The molecule has 126 valence electrons. The summed E-state index contributed by atoms with van der Waals surface area (Å²) in [6.07, 6.45) is 5.29. The molecule has 0 N–H and O–H groups in total. The SMILES string of the molecule is COc1ccc(CC(=O)N2CCC(Oc3ccncn3)CC2)cc1. The van der Waals surface area contributed by atoms with Crippen LogP contribution in [0, 0.1) is 0 Å². The third-order valence-corrected chi connectivity index (χ3v) is 4.15. The molecule has 0 aliphatic carbocycles. The van der Waals surface area contributed by atoms with Gasteiger partial charge in [0.15, 0.2) is 0 Å². The van der Waals surface area contributed by atoms with Crippen LogP contribution in [0.1, 0.15) is 18.4 Å². The van der Waals surface area contributed by atoms with Crippen molar-refractivity contribution in [3.8, 4) is 11.6 Å². The van der Waals surface area contributed by atoms with E-state index in [2.05, 4.69) is 9.97 Å². The van der Waals surface area contributed by atoms with Gasteiger partial charge in [-0.25, -0.2) is 9.97 Å². The number of hydrogen-bond acceptors (Lipinski definition) is 5. The molecule has 1 aliphatic rings. The van der Waals surface area contributed by atoms with Crippen LogP contribution in [0.5, 0.6) is 11.6 Å². The molecule has 24 heavy (non-hydrogen) atoms. The lowest BCUT2D eigenvalue weighted by atomic mass is 10.1. The molecule has 0 saturated carbocycles. The van der Waals surface area contributed by atoms with Crippen molar-refractivity contribution in [2.45, 2.75) is 25.4 Å². The maximum absolute atomic E-state index is 12.4. The van der Waals surface area contributed by atoms with Crippen molar-refractivity contribution >= 4 is 5.91 Å². The van der Waals surface area contributed by atoms with Crippen molar-refractivity contribution in [2.24, 2.45) is 0 Å². The Labute approximate surface area is 141 Å². The van der Waals surface area contributed by atoms with Crippen molar-refractivity contribution in [3.05, 3.63) is 48.4 Å². The van der Waals surface area contributed by atoms with E-state index >= 15 is 0 Å². The number of hydrogen-bond donors (Lipinski definition) is 0. The van der Waals surface area contributed by atoms with E-state index < -0.39 is 0 Å². The first-order chi connectivity index (χ1) is 11.7. The van der Waals surface area contributed by atoms with Crippen molar-refractivity contribution in [1.82, 2.24) is 14.9 Å². The normalized spacial score (nSPS) is 15.1. The summed E-state index contributed by atoms with van der Waals surface area (Å²) in [4.78, 5) is 22.3. The zero-order valence-corrected chi connectivity index (χ0v) is 13.7. The summed E-state index contributed by atoms with van der Waals surface area (Å²) in [7, 11) is 1.63. The highest BCUT2D eigenvalue weighted by atomic mass is 16.5. The lowest BCUT2D eigenvalue weighted by Crippen LogP contribution is -2.42. The van der Waals surface area contributed by atoms with Crippen molar-refractivity contribution in [3.63, 3.8) is 0 Å². The van der Waals surface area contributed by atoms with Crippen LogP contribution in [0.25, 0.3) is 0 Å². The van der Waals surface area contributed by atoms with Gasteiger partial charge in [0.2, 0.25) is 11.8 Å². The Morgan fingerprint density at radius 3 is 2.58 bits per heavy atom. The number of ether oxygens (including phenoxy) is 2. The van der Waals surface area contributed by atoms with E-state index in [-0.39, 0.29) is 12.0 Å². The van der Waals surface area contributed by atoms with Gasteiger partial charge in [-0.2, -0.15) is 0 Å². The number of carbonyl (C=O) groups excluding carboxylic acids is 1. The minimum Gasteiger partial charge on any atom is -0.497 e. The molecule has 0 atom stereocenters. The van der Waals surface area contributed by atoms with E-state index in [1.54, 1.807) is 19.4 Å². The van der Waals surface area contributed by atoms with Gasteiger partial charge in [-0.05, 0) is 17.7 Å². The molecule has 0 radical (unpaired) electrons. The summed E-state index contributed by atoms with van der Waals surface area (Å²) in [6, 6.07) is 9.37. The van der Waals surface area contributed by atoms with Gasteiger partial charge in [0, 0.05) is 38.2 Å². The second-order valence-electron chi connectivity index (χ2n) is 5.77. The predicted molar refractivity (Wildman–Crippen MR) is 89.0 cm³/mol. The number of benzene rings is 1. The smallest absolute Gasteiger partial charge is 0.226 e. The van der Waals surface area contributed by atoms with Crippen molar-refractivity contribution in [1.29, 1.82) is 0 Å². The predicted octanol–water partition coefficient (Wildman–Crippen LogP) is 2.10. The molecule has 6 nitrogen and oxygen atoms in total. The zero-order valence-electron chi connectivity index (χ0n) is 13.7. The molecular formula is C18H21N3O3. The van der Waals surface area contributed by atoms with Crippen LogP contribution in [0.4, 0.5) is 0 Å². The van der Waals surface area contributed by atoms with Gasteiger partial charge in [0.1, 0.15) is 18.2 Å². The number of rotatable bonds is 5. The Morgan fingerprint density at radius 2 is 1.96 bits per heavy atom. The van der Waals surface area contributed by atoms with Crippen LogP contribution in [-0.2, 0) is 11.2 Å². The fraction of sp³-hybridized carbons (Fsp3) is 0.389. The number of likely N-dealkylation sites (tertiary alicyclic amines) is 1. The maximum Gasteiger partial charge on any atom is 0.226 e. The highest BCUT2D eigenvalue weighted by molar-refractivity contribution is 5.78. The average molecular weight is 327 g/mol. The molecule has 0 unspecified atom stereocenters. The topological polar surface area (TPSA) is 64.5 Å². The molecule has 3 rings (SSSR count). The first-order valence-corrected chi connectivity index (χ1v) is 8.08. The Kier molecular flexibility index (Phi) is 5.25. The highest BCUT2D eigenvalue weighted by Gasteiger charge is 2.24. The molecule has 2 aromatic rings. The molecule has 1 aromatic heterocycles. The fourth-order valence-electron chi connectivity index (χ4n) is 2.77. The summed E-state index contributed by atoms with van der Waals surface area (Å²) < 4.78 is 11.0. The molecule has 0 spiro atoms. The third kappa shape index (κ3) is 4.22. The van der Waals surface area contributed by atoms with Gasteiger partial charge < -0.3 is 14.4 Å². The summed E-state index contributed by atoms with van der Waals surface area (Å²) in [5.41, 5.74) is 1.00. The Balaban J connectivity index is 1.47. The zero-order chi connectivity index (χ0) is 16.8. The number of aromatic nitrogens is 2. The van der Waals surface area contributed by atoms with Crippen LogP contribution >= 0.6 is 0 Å². The number of amides is 1. The van der Waals surface area contributed by atoms with Gasteiger partial charge >= 0.3 is 0 Å². The molecule has 1 amide bonds. The minimum atomic E-state index is 0.102. The van der Waals surface area contributed by atoms with Crippen LogP contribution < -0.4 is 9.47 Å². The number of nitrogens with zero attached hydrogens (tertiary/aromatic N) is 3. The van der Waals surface area contributed by atoms with Crippen molar-refractivity contribution in [2.75, 3.05) is 20.2 Å². The summed E-state index contributed by atoms with van der Waals surface area (Å²) in [5.74, 6) is 1.54. The van der Waals surface area contributed by atoms with Crippen LogP contribution in [0.3, 0.4) is 0 Å². The van der Waals surface area contributed by atoms with Crippen molar-refractivity contribution < 1.29 is 14.3 Å². The highest BCUT2D eigenvalue weighted by Crippen LogP contribution is 2.18. The first kappa shape index (κ1) is 16.2. The van der Waals surface area contributed by atoms with Gasteiger partial charge in [0.05, 0.1) is 13.5 Å². The lowest BCUT2D eigenvalue weighted by molar-refractivity contribution is -0.132. The van der Waals surface area contributed by atoms with Crippen LogP contribution in [-0.4, -0.2) is 47.1 Å². The summed E-state index contributed by atoms with van der Waals surface area (Å²) >= 11 is 0. The van der Waals surface area contributed by atoms with E-state index in [0.29, 0.717) is 25.4 Å². The molecule has 1 aliphatic heterocycles. The molecule has 2 heterocycles. The monoisotopic (exact) mass is 327 g/mol. The Hall–Kier alpha value is -2.63. The number of carbonyl (C=O) groups is 1. The fourth-order valence-corrected chi connectivity index (χ4v) is 2.77. The van der Waals surface area contributed by atoms with Gasteiger partial charge in [-0.3, -0.25) is 4.79 Å². The van der Waals surface area contributed by atoms with E-state index in [9.17, 15) is 4.79 Å². The average Bonchev–Trinajstić information content (AvgIpc) is 2.64. The Morgan fingerprint density at radius 1 is 1.21 bits per heavy atom. The minimum absolute atomic E-state index is 0.102. The summed E-state index contributed by atoms with van der Waals surface area (Å²) in [5, 5.41) is 0. The maximum atomic E-state index is 12.4. The molecule has 1 fully saturated rings. The third-order valence-electron chi connectivity index (χ3n) is 4.15. The first-order valence-electron chi connectivity index (χ1n) is 8.08. The number of methoxy groups -OCH3 is 1. The molecular weight excluding hydrogens is 306 g/mol. The quantitative estimate of drug-likeness (QED) is 0.841. The van der Waals surface area contributed by atoms with E-state index in [0.717, 1.165) is 24.2 Å². The Bertz CT molecular complexity index is 653. The standard InChI is InChI=1S/C18H21N3O3/c1-23-15-4-2-14(3-5-15)12-18(22)21-10-7-16(8-11-21)24-17-6-9-19-13-20-17/h2-6,9,13,16H,7-8,10-12H2,1H3. The largest absolute Gasteiger partial charge is 0.497 e. The van der Waals surface area contributed by atoms with E-state index in [1.165, 1.54) is 6.33 Å². The number of piperidine rings is 1. The van der Waals surface area contributed by atoms with Gasteiger partial charge in [-0.1, -0.05) is 12.1 Å².